The molecule has 3 nitrogen and oxygen atoms in total. The van der Waals surface area contributed by atoms with Crippen molar-refractivity contribution in [2.75, 3.05) is 12.8 Å². The zero-order valence-electron chi connectivity index (χ0n) is 10.9. The molecule has 0 aromatic carbocycles. The van der Waals surface area contributed by atoms with Gasteiger partial charge in [0.25, 0.3) is 9.04 Å². The van der Waals surface area contributed by atoms with Gasteiger partial charge in [-0.15, -0.1) is 0 Å². The molecule has 0 aromatic heterocycles. The van der Waals surface area contributed by atoms with E-state index in [-0.39, 0.29) is 5.97 Å². The summed E-state index contributed by atoms with van der Waals surface area (Å²) in [5.41, 5.74) is 0.715. The molecule has 4 heteroatoms. The van der Waals surface area contributed by atoms with E-state index in [1.165, 1.54) is 0 Å². The van der Waals surface area contributed by atoms with E-state index in [9.17, 15) is 4.79 Å². The van der Waals surface area contributed by atoms with Crippen molar-refractivity contribution < 1.29 is 14.0 Å². The van der Waals surface area contributed by atoms with Crippen molar-refractivity contribution in [3.05, 3.63) is 11.6 Å². The van der Waals surface area contributed by atoms with E-state index >= 15 is 0 Å². The summed E-state index contributed by atoms with van der Waals surface area (Å²) in [5, 5.41) is 0. The smallest absolute Gasteiger partial charge is 0.319 e. The van der Waals surface area contributed by atoms with E-state index in [0.717, 1.165) is 18.9 Å². The Balaban J connectivity index is 4.16. The first-order valence-electron chi connectivity index (χ1n) is 6.11. The highest BCUT2D eigenvalue weighted by Gasteiger charge is 2.17. The van der Waals surface area contributed by atoms with Gasteiger partial charge in [0.2, 0.25) is 0 Å². The summed E-state index contributed by atoms with van der Waals surface area (Å²) >= 11 is 0. The SMILES string of the molecule is CCC=C(C)C(=O)O[SiH](CCC)COCC. The van der Waals surface area contributed by atoms with E-state index in [4.69, 9.17) is 9.16 Å². The minimum absolute atomic E-state index is 0.160. The predicted molar refractivity (Wildman–Crippen MR) is 68.9 cm³/mol. The van der Waals surface area contributed by atoms with Gasteiger partial charge in [0.05, 0.1) is 6.23 Å². The Labute approximate surface area is 101 Å². The van der Waals surface area contributed by atoms with Gasteiger partial charge < -0.3 is 9.16 Å². The van der Waals surface area contributed by atoms with Gasteiger partial charge in [-0.05, 0) is 26.3 Å². The van der Waals surface area contributed by atoms with Crippen LogP contribution in [0.2, 0.25) is 6.04 Å². The minimum atomic E-state index is -1.50. The molecule has 0 radical (unpaired) electrons. The molecule has 1 unspecified atom stereocenters. The number of ether oxygens (including phenoxy) is 1. The topological polar surface area (TPSA) is 35.5 Å². The molecule has 0 spiro atoms. The van der Waals surface area contributed by atoms with Crippen LogP contribution in [0.15, 0.2) is 11.6 Å². The summed E-state index contributed by atoms with van der Waals surface area (Å²) in [7, 11) is -1.50. The predicted octanol–water partition coefficient (Wildman–Crippen LogP) is 2.60. The largest absolute Gasteiger partial charge is 0.516 e. The Morgan fingerprint density at radius 2 is 2.00 bits per heavy atom. The summed E-state index contributed by atoms with van der Waals surface area (Å²) in [6.45, 7) is 8.58. The standard InChI is InChI=1S/C12H24O3Si/c1-5-8-11(4)12(13)15-16(9-6-2)10-14-7-3/h8,16H,5-7,9-10H2,1-4H3. The van der Waals surface area contributed by atoms with Gasteiger partial charge in [-0.3, -0.25) is 0 Å². The van der Waals surface area contributed by atoms with Crippen molar-refractivity contribution in [3.8, 4) is 0 Å². The normalized spacial score (nSPS) is 13.6. The van der Waals surface area contributed by atoms with Gasteiger partial charge in [-0.2, -0.15) is 0 Å². The lowest BCUT2D eigenvalue weighted by Gasteiger charge is -2.15. The van der Waals surface area contributed by atoms with Gasteiger partial charge in [-0.1, -0.05) is 26.3 Å². The van der Waals surface area contributed by atoms with E-state index < -0.39 is 9.04 Å². The lowest BCUT2D eigenvalue weighted by atomic mass is 10.2. The van der Waals surface area contributed by atoms with Gasteiger partial charge in [-0.25, -0.2) is 4.79 Å². The van der Waals surface area contributed by atoms with Crippen molar-refractivity contribution in [1.29, 1.82) is 0 Å². The van der Waals surface area contributed by atoms with Crippen LogP contribution < -0.4 is 0 Å². The molecule has 0 aromatic rings. The van der Waals surface area contributed by atoms with Gasteiger partial charge in [0.15, 0.2) is 0 Å². The van der Waals surface area contributed by atoms with Crippen LogP contribution in [0.5, 0.6) is 0 Å². The van der Waals surface area contributed by atoms with Crippen LogP contribution in [0.25, 0.3) is 0 Å². The quantitative estimate of drug-likeness (QED) is 0.486. The fourth-order valence-electron chi connectivity index (χ4n) is 1.38. The Bertz CT molecular complexity index is 226. The van der Waals surface area contributed by atoms with Crippen LogP contribution in [0.3, 0.4) is 0 Å². The Morgan fingerprint density at radius 3 is 2.50 bits per heavy atom. The average Bonchev–Trinajstić information content (AvgIpc) is 2.26. The maximum atomic E-state index is 11.7. The third kappa shape index (κ3) is 6.79. The molecule has 0 bridgehead atoms. The number of rotatable bonds is 8. The highest BCUT2D eigenvalue weighted by Crippen LogP contribution is 2.05. The van der Waals surface area contributed by atoms with Crippen molar-refractivity contribution in [2.24, 2.45) is 0 Å². The molecule has 0 saturated heterocycles. The second-order valence-electron chi connectivity index (χ2n) is 3.77. The zero-order chi connectivity index (χ0) is 12.4. The van der Waals surface area contributed by atoms with Gasteiger partial charge >= 0.3 is 5.97 Å². The second-order valence-corrected chi connectivity index (χ2v) is 6.16. The van der Waals surface area contributed by atoms with Crippen LogP contribution in [0.4, 0.5) is 0 Å². The third-order valence-corrected chi connectivity index (χ3v) is 4.60. The number of allylic oxidation sites excluding steroid dienone is 1. The molecular formula is C12H24O3Si. The molecule has 94 valence electrons. The molecule has 0 saturated carbocycles. The van der Waals surface area contributed by atoms with Gasteiger partial charge in [0.1, 0.15) is 0 Å². The van der Waals surface area contributed by atoms with Crippen LogP contribution in [-0.4, -0.2) is 27.8 Å². The first kappa shape index (κ1) is 15.4. The summed E-state index contributed by atoms with van der Waals surface area (Å²) < 4.78 is 10.9. The molecule has 0 aliphatic carbocycles. The number of carbonyl (C=O) groups is 1. The van der Waals surface area contributed by atoms with E-state index in [1.807, 2.05) is 26.8 Å². The highest BCUT2D eigenvalue weighted by atomic mass is 28.3. The molecule has 16 heavy (non-hydrogen) atoms. The first-order chi connectivity index (χ1) is 7.65. The summed E-state index contributed by atoms with van der Waals surface area (Å²) in [5.74, 6) is -0.160. The lowest BCUT2D eigenvalue weighted by Crippen LogP contribution is -2.28. The molecule has 1 atom stereocenters. The number of hydrogen-bond acceptors (Lipinski definition) is 3. The average molecular weight is 244 g/mol. The fourth-order valence-corrected chi connectivity index (χ4v) is 3.37. The van der Waals surface area contributed by atoms with E-state index in [2.05, 4.69) is 6.92 Å². The van der Waals surface area contributed by atoms with E-state index in [1.54, 1.807) is 0 Å². The van der Waals surface area contributed by atoms with Crippen LogP contribution in [0.1, 0.15) is 40.5 Å². The lowest BCUT2D eigenvalue weighted by molar-refractivity contribution is -0.130. The second kappa shape index (κ2) is 9.60. The summed E-state index contributed by atoms with van der Waals surface area (Å²) in [6.07, 6.45) is 4.45. The monoisotopic (exact) mass is 244 g/mol. The minimum Gasteiger partial charge on any atom is -0.516 e. The maximum Gasteiger partial charge on any atom is 0.319 e. The van der Waals surface area contributed by atoms with Crippen LogP contribution in [0, 0.1) is 0 Å². The molecule has 0 aliphatic rings. The summed E-state index contributed by atoms with van der Waals surface area (Å²) in [4.78, 5) is 11.7. The maximum absolute atomic E-state index is 11.7. The molecule has 0 rings (SSSR count). The Kier molecular flexibility index (Phi) is 9.23. The van der Waals surface area contributed by atoms with Crippen molar-refractivity contribution >= 4 is 15.0 Å². The molecule has 0 amide bonds. The van der Waals surface area contributed by atoms with Crippen molar-refractivity contribution in [2.45, 2.75) is 46.6 Å². The third-order valence-electron chi connectivity index (χ3n) is 2.22. The molecular weight excluding hydrogens is 220 g/mol. The van der Waals surface area contributed by atoms with Crippen LogP contribution in [-0.2, 0) is 14.0 Å². The Morgan fingerprint density at radius 1 is 1.31 bits per heavy atom. The molecule has 0 fully saturated rings. The number of carbonyl (C=O) groups excluding carboxylic acids is 1. The van der Waals surface area contributed by atoms with Crippen molar-refractivity contribution in [3.63, 3.8) is 0 Å². The molecule has 0 heterocycles. The zero-order valence-corrected chi connectivity index (χ0v) is 12.1. The fraction of sp³-hybridized carbons (Fsp3) is 0.750. The van der Waals surface area contributed by atoms with Crippen molar-refractivity contribution in [1.82, 2.24) is 0 Å². The van der Waals surface area contributed by atoms with Crippen LogP contribution >= 0.6 is 0 Å². The number of hydrogen-bond donors (Lipinski definition) is 0. The summed E-state index contributed by atoms with van der Waals surface area (Å²) in [6, 6.07) is 0.991. The molecule has 0 N–H and O–H groups in total. The van der Waals surface area contributed by atoms with Gasteiger partial charge in [0, 0.05) is 12.2 Å². The molecule has 0 aliphatic heterocycles. The first-order valence-corrected chi connectivity index (χ1v) is 8.21. The Hall–Kier alpha value is -0.613. The highest BCUT2D eigenvalue weighted by molar-refractivity contribution is 6.54. The van der Waals surface area contributed by atoms with E-state index in [0.29, 0.717) is 18.4 Å².